The third kappa shape index (κ3) is 1.98. The Kier molecular flexibility index (Phi) is 1.51. The van der Waals surface area contributed by atoms with E-state index in [4.69, 9.17) is 4.55 Å². The van der Waals surface area contributed by atoms with Gasteiger partial charge in [0.1, 0.15) is 0 Å². The van der Waals surface area contributed by atoms with E-state index in [1.807, 2.05) is 0 Å². The van der Waals surface area contributed by atoms with Gasteiger partial charge in [-0.3, -0.25) is 0 Å². The Morgan fingerprint density at radius 3 is 1.33 bits per heavy atom. The molecule has 0 aromatic carbocycles. The number of hydrogen-bond acceptors (Lipinski definition) is 6. The van der Waals surface area contributed by atoms with Crippen LogP contribution in [-0.2, 0) is 27.5 Å². The molecule has 0 saturated heterocycles. The third-order valence-corrected chi connectivity index (χ3v) is 4.25. The summed E-state index contributed by atoms with van der Waals surface area (Å²) in [6, 6.07) is 0. The molecule has 0 saturated carbocycles. The van der Waals surface area contributed by atoms with Gasteiger partial charge in [0, 0.05) is 0 Å². The fourth-order valence-corrected chi connectivity index (χ4v) is 0. The van der Waals surface area contributed by atoms with Gasteiger partial charge in [-0.25, -0.2) is 0 Å². The van der Waals surface area contributed by atoms with Crippen LogP contribution in [0.4, 0.5) is 0 Å². The van der Waals surface area contributed by atoms with Gasteiger partial charge in [0.25, 0.3) is 0 Å². The normalized spacial score (nSPS) is 18.3. The Labute approximate surface area is 49.4 Å². The van der Waals surface area contributed by atoms with Crippen molar-refractivity contribution in [2.24, 2.45) is 0 Å². The maximum atomic E-state index is 9.36. The van der Waals surface area contributed by atoms with E-state index in [2.05, 4.69) is 0 Å². The van der Waals surface area contributed by atoms with Gasteiger partial charge in [0.15, 0.2) is 0 Å². The molecule has 0 rings (SSSR count). The van der Waals surface area contributed by atoms with Crippen molar-refractivity contribution in [1.82, 2.24) is 0 Å². The van der Waals surface area contributed by atoms with Crippen molar-refractivity contribution in [2.45, 2.75) is 0 Å². The summed E-state index contributed by atoms with van der Waals surface area (Å²) in [5.41, 5.74) is 0. The zero-order valence-electron chi connectivity index (χ0n) is 3.71. The molecule has 0 amide bonds. The van der Waals surface area contributed by atoms with E-state index in [0.717, 1.165) is 0 Å². The molecule has 0 unspecified atom stereocenters. The molecule has 0 aromatic heterocycles. The molecule has 0 aliphatic carbocycles. The second kappa shape index (κ2) is 1.51. The van der Waals surface area contributed by atoms with E-state index in [0.29, 0.717) is 0 Å². The van der Waals surface area contributed by atoms with E-state index in [1.54, 1.807) is 0 Å². The molecule has 0 aliphatic heterocycles. The van der Waals surface area contributed by atoms with Gasteiger partial charge in [-0.1, -0.05) is 0 Å². The van der Waals surface area contributed by atoms with E-state index >= 15 is 0 Å². The molecule has 0 heterocycles. The summed E-state index contributed by atoms with van der Waals surface area (Å²) in [7, 11) is -6.00. The third-order valence-electron chi connectivity index (χ3n) is 0.344. The van der Waals surface area contributed by atoms with Gasteiger partial charge in [-0.2, -0.15) is 0 Å². The Morgan fingerprint density at radius 1 is 1.22 bits per heavy atom. The first-order valence-corrected chi connectivity index (χ1v) is 6.36. The molecule has 9 heavy (non-hydrogen) atoms. The van der Waals surface area contributed by atoms with Crippen molar-refractivity contribution in [2.75, 3.05) is 0 Å². The molecule has 1 N–H and O–H groups in total. The zero-order chi connectivity index (χ0) is 7.95. The van der Waals surface area contributed by atoms with Crippen LogP contribution in [0, 0.1) is 0 Å². The van der Waals surface area contributed by atoms with Crippen LogP contribution < -0.4 is 8.32 Å². The predicted octanol–water partition coefficient (Wildman–Crippen LogP) is -3.28. The van der Waals surface area contributed by atoms with Crippen molar-refractivity contribution in [3.05, 3.63) is 0 Å². The SMILES string of the molecule is O=[S](=O)(O)[Cr](=[O])(=[O])([O-])[O-]. The molecule has 7 nitrogen and oxygen atoms in total. The van der Waals surface area contributed by atoms with E-state index in [1.165, 1.54) is 0 Å². The molecule has 0 bridgehead atoms. The molecule has 0 atom stereocenters. The molecule has 0 aromatic rings. The van der Waals surface area contributed by atoms with Crippen LogP contribution in [0.3, 0.4) is 0 Å². The van der Waals surface area contributed by atoms with Crippen LogP contribution >= 0.6 is 0 Å². The summed E-state index contributed by atoms with van der Waals surface area (Å²) in [6.45, 7) is 0. The van der Waals surface area contributed by atoms with Gasteiger partial charge in [0.2, 0.25) is 0 Å². The Hall–Kier alpha value is -0.0375. The minimum atomic E-state index is -8.16. The average molecular weight is 197 g/mol. The quantitative estimate of drug-likeness (QED) is 0.435. The molecule has 0 aliphatic rings. The van der Waals surface area contributed by atoms with Crippen molar-refractivity contribution in [3.63, 3.8) is 0 Å². The summed E-state index contributed by atoms with van der Waals surface area (Å²) in [4.78, 5) is 0. The van der Waals surface area contributed by atoms with Crippen molar-refractivity contribution < 1.29 is 40.3 Å². The second-order valence-electron chi connectivity index (χ2n) is 1.11. The van der Waals surface area contributed by atoms with Crippen LogP contribution in [0.2, 0.25) is 0 Å². The summed E-state index contributed by atoms with van der Waals surface area (Å²) < 4.78 is 63.6. The summed E-state index contributed by atoms with van der Waals surface area (Å²) in [5.74, 6) is 0. The second-order valence-corrected chi connectivity index (χ2v) is 8.31. The number of hydrogen-bond donors (Lipinski definition) is 1. The molecule has 9 heteroatoms. The van der Waals surface area contributed by atoms with Gasteiger partial charge < -0.3 is 0 Å². The first-order chi connectivity index (χ1) is 3.51. The average Bonchev–Trinajstić information content (AvgIpc) is 1.20. The Balaban J connectivity index is 5.68. The summed E-state index contributed by atoms with van der Waals surface area (Å²) in [5, 5.41) is 0. The first kappa shape index (κ1) is 8.96. The van der Waals surface area contributed by atoms with Crippen LogP contribution in [0.5, 0.6) is 0 Å². The number of rotatable bonds is 1. The van der Waals surface area contributed by atoms with Crippen LogP contribution in [-0.4, -0.2) is 13.0 Å². The molecule has 0 spiro atoms. The van der Waals surface area contributed by atoms with Crippen molar-refractivity contribution >= 4 is 8.48 Å². The summed E-state index contributed by atoms with van der Waals surface area (Å²) in [6.07, 6.45) is 0. The minimum absolute atomic E-state index is 6.00. The van der Waals surface area contributed by atoms with E-state index in [-0.39, 0.29) is 0 Å². The standard InChI is InChI=1S/Cr.HO3S.4O/c;1-4(2)3;;;;/h;(H,1,2,3);;;;/q;;;;2*-1. The molecular weight excluding hydrogens is 196 g/mol. The molecular formula is HCrO7S-2. The van der Waals surface area contributed by atoms with Crippen LogP contribution in [0.15, 0.2) is 0 Å². The maximum absolute atomic E-state index is 9.36. The van der Waals surface area contributed by atoms with E-state index < -0.39 is 19.9 Å². The molecule has 0 radical (unpaired) electrons. The fourth-order valence-electron chi connectivity index (χ4n) is 0. The monoisotopic (exact) mass is 197 g/mol. The summed E-state index contributed by atoms with van der Waals surface area (Å²) >= 11 is -8.16. The van der Waals surface area contributed by atoms with Crippen LogP contribution in [0.25, 0.3) is 0 Å². The van der Waals surface area contributed by atoms with Crippen LogP contribution in [0.1, 0.15) is 0 Å². The fraction of sp³-hybridized carbons (Fsp3) is 0. The zero-order valence-corrected chi connectivity index (χ0v) is 5.80. The first-order valence-electron chi connectivity index (χ1n) is 1.35. The molecule has 57 valence electrons. The van der Waals surface area contributed by atoms with Crippen molar-refractivity contribution in [1.29, 1.82) is 0 Å². The van der Waals surface area contributed by atoms with Gasteiger partial charge in [-0.15, -0.1) is 0 Å². The molecule has 0 fully saturated rings. The van der Waals surface area contributed by atoms with Crippen molar-refractivity contribution in [3.8, 4) is 0 Å². The van der Waals surface area contributed by atoms with E-state index in [9.17, 15) is 24.3 Å². The topological polar surface area (TPSA) is 135 Å². The van der Waals surface area contributed by atoms with Gasteiger partial charge in [-0.05, 0) is 0 Å². The van der Waals surface area contributed by atoms with Gasteiger partial charge in [0.05, 0.1) is 0 Å². The predicted molar refractivity (Wildman–Crippen MR) is 12.9 cm³/mol. The van der Waals surface area contributed by atoms with Gasteiger partial charge >= 0.3 is 48.8 Å². The Bertz CT molecular complexity index is 311. The Morgan fingerprint density at radius 2 is 1.33 bits per heavy atom.